The monoisotopic (exact) mass is 230 g/mol. The minimum Gasteiger partial charge on any atom is -0.314 e. The molecule has 90 valence electrons. The van der Waals surface area contributed by atoms with Gasteiger partial charge in [0.1, 0.15) is 0 Å². The zero-order chi connectivity index (χ0) is 11.1. The molecule has 0 saturated carbocycles. The van der Waals surface area contributed by atoms with Crippen molar-refractivity contribution in [2.45, 2.75) is 32.7 Å². The first-order chi connectivity index (χ1) is 7.24. The van der Waals surface area contributed by atoms with Crippen LogP contribution in [0.15, 0.2) is 0 Å². The van der Waals surface area contributed by atoms with Gasteiger partial charge in [-0.25, -0.2) is 0 Å². The van der Waals surface area contributed by atoms with E-state index in [2.05, 4.69) is 31.1 Å². The molecule has 1 aliphatic rings. The summed E-state index contributed by atoms with van der Waals surface area (Å²) in [6, 6.07) is 0.757. The fraction of sp³-hybridized carbons (Fsp3) is 1.00. The van der Waals surface area contributed by atoms with Crippen molar-refractivity contribution in [1.29, 1.82) is 0 Å². The zero-order valence-electron chi connectivity index (χ0n) is 10.5. The molecule has 1 aliphatic heterocycles. The maximum absolute atomic E-state index is 3.71. The third-order valence-corrected chi connectivity index (χ3v) is 4.17. The van der Waals surface area contributed by atoms with Gasteiger partial charge in [-0.05, 0) is 50.4 Å². The number of thioether (sulfide) groups is 1. The number of nitrogens with zero attached hydrogens (tertiary/aromatic N) is 1. The van der Waals surface area contributed by atoms with Gasteiger partial charge in [0.05, 0.1) is 0 Å². The molecular weight excluding hydrogens is 204 g/mol. The van der Waals surface area contributed by atoms with E-state index in [0.717, 1.165) is 12.0 Å². The smallest absolute Gasteiger partial charge is 0.0117 e. The number of hydrogen-bond donors (Lipinski definition) is 1. The van der Waals surface area contributed by atoms with Crippen LogP contribution in [0.25, 0.3) is 0 Å². The maximum atomic E-state index is 3.71. The summed E-state index contributed by atoms with van der Waals surface area (Å²) in [4.78, 5) is 2.44. The molecule has 0 spiro atoms. The molecule has 1 saturated heterocycles. The topological polar surface area (TPSA) is 15.3 Å². The van der Waals surface area contributed by atoms with Gasteiger partial charge in [0, 0.05) is 12.6 Å². The largest absolute Gasteiger partial charge is 0.314 e. The lowest BCUT2D eigenvalue weighted by molar-refractivity contribution is 0.175. The first-order valence-corrected chi connectivity index (χ1v) is 7.39. The Kier molecular flexibility index (Phi) is 6.69. The first-order valence-electron chi connectivity index (χ1n) is 6.23. The van der Waals surface area contributed by atoms with E-state index < -0.39 is 0 Å². The highest BCUT2D eigenvalue weighted by Gasteiger charge is 2.22. The zero-order valence-corrected chi connectivity index (χ0v) is 11.3. The van der Waals surface area contributed by atoms with Gasteiger partial charge in [0.2, 0.25) is 0 Å². The Labute approximate surface area is 99.2 Å². The molecule has 1 rings (SSSR count). The van der Waals surface area contributed by atoms with E-state index in [1.54, 1.807) is 0 Å². The Hall–Kier alpha value is 0.270. The molecule has 0 aromatic rings. The summed E-state index contributed by atoms with van der Waals surface area (Å²) in [6.45, 7) is 8.31. The van der Waals surface area contributed by atoms with E-state index in [-0.39, 0.29) is 0 Å². The van der Waals surface area contributed by atoms with Crippen molar-refractivity contribution in [3.63, 3.8) is 0 Å². The quantitative estimate of drug-likeness (QED) is 0.703. The molecule has 0 radical (unpaired) electrons. The summed E-state index contributed by atoms with van der Waals surface area (Å²) in [5, 5.41) is 3.71. The van der Waals surface area contributed by atoms with Crippen molar-refractivity contribution in [1.82, 2.24) is 10.2 Å². The van der Waals surface area contributed by atoms with Crippen LogP contribution in [0.1, 0.15) is 26.7 Å². The lowest BCUT2D eigenvalue weighted by atomic mass is 9.94. The predicted molar refractivity (Wildman–Crippen MR) is 70.7 cm³/mol. The van der Waals surface area contributed by atoms with E-state index in [1.165, 1.54) is 44.0 Å². The van der Waals surface area contributed by atoms with Crippen LogP contribution >= 0.6 is 11.8 Å². The number of hydrogen-bond acceptors (Lipinski definition) is 3. The van der Waals surface area contributed by atoms with Gasteiger partial charge in [0.15, 0.2) is 0 Å². The van der Waals surface area contributed by atoms with Crippen LogP contribution in [0.5, 0.6) is 0 Å². The van der Waals surface area contributed by atoms with Gasteiger partial charge < -0.3 is 10.2 Å². The summed E-state index contributed by atoms with van der Waals surface area (Å²) in [5.41, 5.74) is 0. The Morgan fingerprint density at radius 2 is 2.27 bits per heavy atom. The van der Waals surface area contributed by atoms with Crippen LogP contribution in [0.2, 0.25) is 0 Å². The van der Waals surface area contributed by atoms with Crippen molar-refractivity contribution >= 4 is 11.8 Å². The molecule has 0 amide bonds. The minimum atomic E-state index is 0.757. The van der Waals surface area contributed by atoms with E-state index in [1.807, 2.05) is 11.8 Å². The molecule has 0 bridgehead atoms. The first kappa shape index (κ1) is 13.3. The summed E-state index contributed by atoms with van der Waals surface area (Å²) >= 11 is 2.05. The van der Waals surface area contributed by atoms with E-state index in [9.17, 15) is 0 Å². The molecule has 0 aromatic carbocycles. The Bertz CT molecular complexity index is 164. The molecule has 2 nitrogen and oxygen atoms in total. The van der Waals surface area contributed by atoms with E-state index in [4.69, 9.17) is 0 Å². The highest BCUT2D eigenvalue weighted by molar-refractivity contribution is 7.99. The van der Waals surface area contributed by atoms with Crippen LogP contribution in [0.4, 0.5) is 0 Å². The van der Waals surface area contributed by atoms with Gasteiger partial charge in [-0.2, -0.15) is 11.8 Å². The van der Waals surface area contributed by atoms with Gasteiger partial charge in [-0.3, -0.25) is 0 Å². The van der Waals surface area contributed by atoms with Crippen LogP contribution in [0, 0.1) is 5.92 Å². The molecule has 1 heterocycles. The van der Waals surface area contributed by atoms with E-state index in [0.29, 0.717) is 0 Å². The molecule has 15 heavy (non-hydrogen) atoms. The van der Waals surface area contributed by atoms with Crippen molar-refractivity contribution in [2.75, 3.05) is 38.2 Å². The minimum absolute atomic E-state index is 0.757. The molecule has 0 aromatic heterocycles. The molecule has 2 atom stereocenters. The number of likely N-dealkylation sites (tertiary alicyclic amines) is 1. The van der Waals surface area contributed by atoms with Crippen LogP contribution in [0.3, 0.4) is 0 Å². The fourth-order valence-corrected chi connectivity index (χ4v) is 2.90. The summed E-state index contributed by atoms with van der Waals surface area (Å²) < 4.78 is 0. The van der Waals surface area contributed by atoms with Gasteiger partial charge in [0.25, 0.3) is 0 Å². The predicted octanol–water partition coefficient (Wildman–Crippen LogP) is 2.06. The number of rotatable bonds is 6. The Morgan fingerprint density at radius 1 is 1.47 bits per heavy atom. The highest BCUT2D eigenvalue weighted by atomic mass is 32.2. The van der Waals surface area contributed by atoms with Gasteiger partial charge >= 0.3 is 0 Å². The van der Waals surface area contributed by atoms with Crippen LogP contribution < -0.4 is 5.32 Å². The van der Waals surface area contributed by atoms with Gasteiger partial charge in [-0.1, -0.05) is 13.8 Å². The standard InChI is InChI=1S/C12H26N2S/c1-4-15-9-5-7-13-12-6-8-14(3)10-11(12)2/h11-13H,4-10H2,1-3H3. The second-order valence-corrected chi connectivity index (χ2v) is 6.03. The second-order valence-electron chi connectivity index (χ2n) is 4.64. The summed E-state index contributed by atoms with van der Waals surface area (Å²) in [5.74, 6) is 3.37. The van der Waals surface area contributed by atoms with Crippen molar-refractivity contribution < 1.29 is 0 Å². The highest BCUT2D eigenvalue weighted by Crippen LogP contribution is 2.15. The summed E-state index contributed by atoms with van der Waals surface area (Å²) in [7, 11) is 2.23. The van der Waals surface area contributed by atoms with Crippen molar-refractivity contribution in [3.8, 4) is 0 Å². The van der Waals surface area contributed by atoms with E-state index >= 15 is 0 Å². The van der Waals surface area contributed by atoms with Gasteiger partial charge in [-0.15, -0.1) is 0 Å². The Balaban J connectivity index is 2.05. The normalized spacial score (nSPS) is 28.2. The SMILES string of the molecule is CCSCCCNC1CCN(C)CC1C. The average Bonchev–Trinajstić information content (AvgIpc) is 2.20. The maximum Gasteiger partial charge on any atom is 0.0117 e. The van der Waals surface area contributed by atoms with Crippen molar-refractivity contribution in [3.05, 3.63) is 0 Å². The molecule has 1 fully saturated rings. The van der Waals surface area contributed by atoms with Crippen LogP contribution in [-0.4, -0.2) is 49.1 Å². The number of nitrogens with one attached hydrogen (secondary N) is 1. The van der Waals surface area contributed by atoms with Crippen LogP contribution in [-0.2, 0) is 0 Å². The fourth-order valence-electron chi connectivity index (χ4n) is 2.26. The molecule has 1 N–H and O–H groups in total. The molecule has 2 unspecified atom stereocenters. The lowest BCUT2D eigenvalue weighted by Gasteiger charge is -2.35. The third-order valence-electron chi connectivity index (χ3n) is 3.18. The third kappa shape index (κ3) is 5.23. The van der Waals surface area contributed by atoms with Crippen molar-refractivity contribution in [2.24, 2.45) is 5.92 Å². The average molecular weight is 230 g/mol. The number of piperidine rings is 1. The molecule has 3 heteroatoms. The molecular formula is C12H26N2S. The Morgan fingerprint density at radius 3 is 2.93 bits per heavy atom. The molecule has 0 aliphatic carbocycles. The lowest BCUT2D eigenvalue weighted by Crippen LogP contribution is -2.47. The summed E-state index contributed by atoms with van der Waals surface area (Å²) in [6.07, 6.45) is 2.64. The second kappa shape index (κ2) is 7.53.